The van der Waals surface area contributed by atoms with Crippen LogP contribution in [0, 0.1) is 6.92 Å². The van der Waals surface area contributed by atoms with Gasteiger partial charge in [-0.05, 0) is 43.2 Å². The van der Waals surface area contributed by atoms with Gasteiger partial charge in [0.05, 0.1) is 11.4 Å². The Morgan fingerprint density at radius 2 is 1.93 bits per heavy atom. The number of nitrogens with zero attached hydrogens (tertiary/aromatic N) is 2. The second-order valence-corrected chi connectivity index (χ2v) is 8.43. The van der Waals surface area contributed by atoms with E-state index < -0.39 is 0 Å². The molecule has 30 heavy (non-hydrogen) atoms. The third-order valence-electron chi connectivity index (χ3n) is 4.70. The van der Waals surface area contributed by atoms with Gasteiger partial charge in [0.2, 0.25) is 5.91 Å². The van der Waals surface area contributed by atoms with Crippen molar-refractivity contribution in [2.24, 2.45) is 7.05 Å². The smallest absolute Gasteiger partial charge is 0.257 e. The van der Waals surface area contributed by atoms with E-state index in [-0.39, 0.29) is 17.2 Å². The Hall–Kier alpha value is -2.57. The van der Waals surface area contributed by atoms with E-state index in [0.717, 1.165) is 22.5 Å². The number of carbonyl (C=O) groups excluding carboxylic acids is 1. The molecule has 0 aliphatic heterocycles. The monoisotopic (exact) mass is 441 g/mol. The molecule has 0 spiro atoms. The minimum absolute atomic E-state index is 0.0942. The third kappa shape index (κ3) is 5.52. The van der Waals surface area contributed by atoms with Gasteiger partial charge in [0.25, 0.3) is 5.56 Å². The van der Waals surface area contributed by atoms with Gasteiger partial charge in [0.15, 0.2) is 5.16 Å². The summed E-state index contributed by atoms with van der Waals surface area (Å²) in [6.07, 6.45) is 1.11. The zero-order chi connectivity index (χ0) is 21.7. The zero-order valence-electron chi connectivity index (χ0n) is 17.2. The van der Waals surface area contributed by atoms with E-state index in [9.17, 15) is 9.59 Å². The minimum atomic E-state index is -0.140. The molecule has 7 heteroatoms. The standard InChI is InChI=1S/C23H24ClN3O2S/c1-4-20-19(13-16-6-5-7-17(24)12-16)22(29)27(3)23(26-20)30-14-21(28)25-18-10-8-15(2)9-11-18/h5-12H,4,13-14H2,1-3H3,(H,25,28). The van der Waals surface area contributed by atoms with Crippen LogP contribution in [0.15, 0.2) is 58.5 Å². The van der Waals surface area contributed by atoms with Crippen LogP contribution in [0.1, 0.15) is 29.3 Å². The highest BCUT2D eigenvalue weighted by atomic mass is 35.5. The fourth-order valence-electron chi connectivity index (χ4n) is 3.08. The Kier molecular flexibility index (Phi) is 7.34. The predicted molar refractivity (Wildman–Crippen MR) is 124 cm³/mol. The summed E-state index contributed by atoms with van der Waals surface area (Å²) in [4.78, 5) is 30.0. The number of benzene rings is 2. The molecular formula is C23H24ClN3O2S. The maximum atomic E-state index is 13.0. The molecular weight excluding hydrogens is 418 g/mol. The molecule has 0 aliphatic rings. The molecule has 0 radical (unpaired) electrons. The van der Waals surface area contributed by atoms with Crippen molar-refractivity contribution < 1.29 is 4.79 Å². The molecule has 0 bridgehead atoms. The van der Waals surface area contributed by atoms with Crippen LogP contribution in [0.3, 0.4) is 0 Å². The first kappa shape index (κ1) is 22.1. The normalized spacial score (nSPS) is 10.8. The predicted octanol–water partition coefficient (Wildman–Crippen LogP) is 4.63. The lowest BCUT2D eigenvalue weighted by atomic mass is 10.0. The van der Waals surface area contributed by atoms with Gasteiger partial charge in [-0.25, -0.2) is 4.98 Å². The molecule has 0 fully saturated rings. The average Bonchev–Trinajstić information content (AvgIpc) is 2.72. The van der Waals surface area contributed by atoms with Crippen molar-refractivity contribution in [2.75, 3.05) is 11.1 Å². The number of carbonyl (C=O) groups is 1. The first-order chi connectivity index (χ1) is 14.4. The Morgan fingerprint density at radius 1 is 1.20 bits per heavy atom. The van der Waals surface area contributed by atoms with Crippen molar-refractivity contribution in [1.29, 1.82) is 0 Å². The number of halogens is 1. The van der Waals surface area contributed by atoms with E-state index in [1.165, 1.54) is 16.3 Å². The summed E-state index contributed by atoms with van der Waals surface area (Å²) >= 11 is 7.33. The Morgan fingerprint density at radius 3 is 2.60 bits per heavy atom. The number of aromatic nitrogens is 2. The van der Waals surface area contributed by atoms with Gasteiger partial charge in [-0.2, -0.15) is 0 Å². The van der Waals surface area contributed by atoms with Crippen molar-refractivity contribution in [3.63, 3.8) is 0 Å². The summed E-state index contributed by atoms with van der Waals surface area (Å²) in [5, 5.41) is 4.04. The molecule has 3 aromatic rings. The molecule has 5 nitrogen and oxygen atoms in total. The van der Waals surface area contributed by atoms with Crippen molar-refractivity contribution >= 4 is 35.0 Å². The minimum Gasteiger partial charge on any atom is -0.325 e. The summed E-state index contributed by atoms with van der Waals surface area (Å²) in [6.45, 7) is 3.97. The van der Waals surface area contributed by atoms with Crippen LogP contribution in [0.4, 0.5) is 5.69 Å². The van der Waals surface area contributed by atoms with Crippen molar-refractivity contribution in [1.82, 2.24) is 9.55 Å². The molecule has 0 unspecified atom stereocenters. The fourth-order valence-corrected chi connectivity index (χ4v) is 4.08. The molecule has 1 heterocycles. The maximum Gasteiger partial charge on any atom is 0.257 e. The van der Waals surface area contributed by atoms with Gasteiger partial charge >= 0.3 is 0 Å². The van der Waals surface area contributed by atoms with Crippen LogP contribution in [0.2, 0.25) is 5.02 Å². The molecule has 1 aromatic heterocycles. The molecule has 0 aliphatic carbocycles. The summed E-state index contributed by atoms with van der Waals surface area (Å²) in [7, 11) is 1.69. The number of anilines is 1. The van der Waals surface area contributed by atoms with E-state index in [2.05, 4.69) is 10.3 Å². The van der Waals surface area contributed by atoms with E-state index >= 15 is 0 Å². The SMILES string of the molecule is CCc1nc(SCC(=O)Nc2ccc(C)cc2)n(C)c(=O)c1Cc1cccc(Cl)c1. The van der Waals surface area contributed by atoms with Gasteiger partial charge in [-0.3, -0.25) is 14.2 Å². The quantitative estimate of drug-likeness (QED) is 0.429. The van der Waals surface area contributed by atoms with E-state index in [1.54, 1.807) is 7.05 Å². The Bertz CT molecular complexity index is 1110. The van der Waals surface area contributed by atoms with Crippen LogP contribution in [-0.4, -0.2) is 21.2 Å². The van der Waals surface area contributed by atoms with Crippen LogP contribution in [0.25, 0.3) is 0 Å². The van der Waals surface area contributed by atoms with Crippen molar-refractivity contribution in [2.45, 2.75) is 31.8 Å². The van der Waals surface area contributed by atoms with Crippen LogP contribution >= 0.6 is 23.4 Å². The number of aryl methyl sites for hydroxylation is 2. The average molecular weight is 442 g/mol. The van der Waals surface area contributed by atoms with Gasteiger partial charge in [-0.15, -0.1) is 0 Å². The summed E-state index contributed by atoms with van der Waals surface area (Å²) in [5.74, 6) is 0.0319. The number of amides is 1. The Labute approximate surface area is 185 Å². The van der Waals surface area contributed by atoms with E-state index in [1.807, 2.05) is 62.4 Å². The van der Waals surface area contributed by atoms with E-state index in [4.69, 9.17) is 11.6 Å². The molecule has 1 N–H and O–H groups in total. The van der Waals surface area contributed by atoms with Gasteiger partial charge in [0.1, 0.15) is 0 Å². The molecule has 0 saturated heterocycles. The highest BCUT2D eigenvalue weighted by Crippen LogP contribution is 2.19. The zero-order valence-corrected chi connectivity index (χ0v) is 18.8. The van der Waals surface area contributed by atoms with Gasteiger partial charge in [-0.1, -0.05) is 60.1 Å². The first-order valence-corrected chi connectivity index (χ1v) is 11.1. The topological polar surface area (TPSA) is 64.0 Å². The number of hydrogen-bond donors (Lipinski definition) is 1. The van der Waals surface area contributed by atoms with Crippen molar-refractivity contribution in [3.8, 4) is 0 Å². The van der Waals surface area contributed by atoms with Crippen LogP contribution in [0.5, 0.6) is 0 Å². The molecule has 1 amide bonds. The molecule has 3 rings (SSSR count). The number of thioether (sulfide) groups is 1. The highest BCUT2D eigenvalue weighted by molar-refractivity contribution is 7.99. The number of rotatable bonds is 7. The summed E-state index contributed by atoms with van der Waals surface area (Å²) in [5.41, 5.74) is 4.16. The fraction of sp³-hybridized carbons (Fsp3) is 0.261. The lowest BCUT2D eigenvalue weighted by molar-refractivity contribution is -0.113. The molecule has 156 valence electrons. The number of hydrogen-bond acceptors (Lipinski definition) is 4. The lowest BCUT2D eigenvalue weighted by Crippen LogP contribution is -2.27. The number of nitrogens with one attached hydrogen (secondary N) is 1. The Balaban J connectivity index is 1.75. The van der Waals surface area contributed by atoms with Crippen molar-refractivity contribution in [3.05, 3.63) is 86.3 Å². The third-order valence-corrected chi connectivity index (χ3v) is 5.97. The lowest BCUT2D eigenvalue weighted by Gasteiger charge is -2.13. The molecule has 0 atom stereocenters. The van der Waals surface area contributed by atoms with Gasteiger partial charge in [0, 0.05) is 29.7 Å². The van der Waals surface area contributed by atoms with Gasteiger partial charge < -0.3 is 5.32 Å². The van der Waals surface area contributed by atoms with Crippen LogP contribution < -0.4 is 10.9 Å². The second-order valence-electron chi connectivity index (χ2n) is 7.05. The first-order valence-electron chi connectivity index (χ1n) is 9.70. The molecule has 0 saturated carbocycles. The highest BCUT2D eigenvalue weighted by Gasteiger charge is 2.16. The second kappa shape index (κ2) is 9.96. The summed E-state index contributed by atoms with van der Waals surface area (Å²) in [6, 6.07) is 15.1. The van der Waals surface area contributed by atoms with Crippen LogP contribution in [-0.2, 0) is 24.7 Å². The maximum absolute atomic E-state index is 13.0. The van der Waals surface area contributed by atoms with E-state index in [0.29, 0.717) is 28.6 Å². The summed E-state index contributed by atoms with van der Waals surface area (Å²) < 4.78 is 1.52. The largest absolute Gasteiger partial charge is 0.325 e. The molecule has 2 aromatic carbocycles.